The molecule has 38 heavy (non-hydrogen) atoms. The number of carboxylic acids is 3. The van der Waals surface area contributed by atoms with Crippen LogP contribution in [0.25, 0.3) is 0 Å². The molecule has 0 atom stereocenters. The first-order chi connectivity index (χ1) is 18.1. The van der Waals surface area contributed by atoms with E-state index in [0.29, 0.717) is 0 Å². The average Bonchev–Trinajstić information content (AvgIpc) is 3.38. The van der Waals surface area contributed by atoms with Crippen LogP contribution in [0.3, 0.4) is 0 Å². The van der Waals surface area contributed by atoms with Crippen molar-refractivity contribution in [2.75, 3.05) is 13.7 Å². The van der Waals surface area contributed by atoms with Gasteiger partial charge in [-0.2, -0.15) is 0 Å². The molecule has 0 radical (unpaired) electrons. The van der Waals surface area contributed by atoms with Crippen molar-refractivity contribution in [2.45, 2.75) is 44.5 Å². The van der Waals surface area contributed by atoms with E-state index in [9.17, 15) is 14.4 Å². The second-order valence-electron chi connectivity index (χ2n) is 8.51. The summed E-state index contributed by atoms with van der Waals surface area (Å²) in [7, 11) is 1.73. The standard InChI is InChI=1S/C20H24N4O.C6H8O7/c1-25-20-6-3-2-5-19(20)16-24(15-18-7-9-21-10-8-18)13-4-12-23-14-11-22-17-23;7-3(8)1-6(13,5(11)12)2-4(9)10/h2-3,5-11,14,17H,4,12-13,15-16H2,1H3;13H,1-2H2,(H,7,8)(H,9,10)(H,11,12). The maximum absolute atomic E-state index is 10.3. The number of aromatic nitrogens is 3. The fraction of sp³-hybridized carbons (Fsp3) is 0.346. The van der Waals surface area contributed by atoms with Gasteiger partial charge >= 0.3 is 17.9 Å². The minimum Gasteiger partial charge on any atom is -0.496 e. The molecule has 0 saturated heterocycles. The predicted octanol–water partition coefficient (Wildman–Crippen LogP) is 2.13. The number of rotatable bonds is 14. The molecule has 0 aliphatic rings. The average molecular weight is 529 g/mol. The molecule has 12 nitrogen and oxygen atoms in total. The third-order valence-electron chi connectivity index (χ3n) is 5.48. The van der Waals surface area contributed by atoms with E-state index in [2.05, 4.69) is 43.7 Å². The van der Waals surface area contributed by atoms with Gasteiger partial charge in [0.25, 0.3) is 0 Å². The largest absolute Gasteiger partial charge is 0.496 e. The molecule has 0 saturated carbocycles. The number of methoxy groups -OCH3 is 1. The Kier molecular flexibility index (Phi) is 11.9. The number of para-hydroxylation sites is 1. The molecule has 0 amide bonds. The third kappa shape index (κ3) is 10.4. The van der Waals surface area contributed by atoms with Gasteiger partial charge in [0.1, 0.15) is 5.75 Å². The summed E-state index contributed by atoms with van der Waals surface area (Å²) in [6.07, 6.45) is 8.18. The van der Waals surface area contributed by atoms with Crippen molar-refractivity contribution in [1.29, 1.82) is 0 Å². The van der Waals surface area contributed by atoms with E-state index in [1.165, 1.54) is 11.1 Å². The first-order valence-electron chi connectivity index (χ1n) is 11.7. The Bertz CT molecular complexity index is 1140. The molecule has 0 bridgehead atoms. The molecule has 3 aromatic rings. The second-order valence-corrected chi connectivity index (χ2v) is 8.51. The molecule has 0 aliphatic heterocycles. The summed E-state index contributed by atoms with van der Waals surface area (Å²) >= 11 is 0. The Morgan fingerprint density at radius 1 is 0.947 bits per heavy atom. The van der Waals surface area contributed by atoms with Crippen molar-refractivity contribution in [1.82, 2.24) is 19.4 Å². The van der Waals surface area contributed by atoms with Gasteiger partial charge in [-0.05, 0) is 30.2 Å². The summed E-state index contributed by atoms with van der Waals surface area (Å²) in [4.78, 5) is 41.1. The van der Waals surface area contributed by atoms with E-state index < -0.39 is 36.4 Å². The van der Waals surface area contributed by atoms with E-state index in [4.69, 9.17) is 25.2 Å². The number of hydrogen-bond donors (Lipinski definition) is 4. The summed E-state index contributed by atoms with van der Waals surface area (Å²) in [5, 5.41) is 33.8. The smallest absolute Gasteiger partial charge is 0.336 e. The van der Waals surface area contributed by atoms with E-state index in [1.807, 2.05) is 43.2 Å². The zero-order chi connectivity index (χ0) is 28.0. The predicted molar refractivity (Wildman–Crippen MR) is 135 cm³/mol. The molecule has 0 unspecified atom stereocenters. The van der Waals surface area contributed by atoms with Crippen LogP contribution < -0.4 is 4.74 Å². The summed E-state index contributed by atoms with van der Waals surface area (Å²) in [6.45, 7) is 3.72. The van der Waals surface area contributed by atoms with Crippen LogP contribution in [0.1, 0.15) is 30.4 Å². The molecule has 204 valence electrons. The van der Waals surface area contributed by atoms with Gasteiger partial charge in [0.15, 0.2) is 5.60 Å². The number of hydrogen-bond acceptors (Lipinski definition) is 8. The second kappa shape index (κ2) is 15.1. The van der Waals surface area contributed by atoms with Crippen molar-refractivity contribution >= 4 is 17.9 Å². The Labute approximate surface area is 219 Å². The van der Waals surface area contributed by atoms with Gasteiger partial charge in [-0.25, -0.2) is 9.78 Å². The van der Waals surface area contributed by atoms with Gasteiger partial charge in [-0.1, -0.05) is 18.2 Å². The lowest BCUT2D eigenvalue weighted by molar-refractivity contribution is -0.170. The number of aliphatic carboxylic acids is 3. The highest BCUT2D eigenvalue weighted by Crippen LogP contribution is 2.20. The Morgan fingerprint density at radius 2 is 1.61 bits per heavy atom. The van der Waals surface area contributed by atoms with Gasteiger partial charge < -0.3 is 29.7 Å². The van der Waals surface area contributed by atoms with E-state index in [-0.39, 0.29) is 0 Å². The molecule has 0 spiro atoms. The van der Waals surface area contributed by atoms with Crippen molar-refractivity contribution in [3.8, 4) is 5.75 Å². The number of pyridine rings is 1. The number of nitrogens with zero attached hydrogens (tertiary/aromatic N) is 4. The van der Waals surface area contributed by atoms with Gasteiger partial charge in [0.2, 0.25) is 0 Å². The van der Waals surface area contributed by atoms with Gasteiger partial charge in [0, 0.05) is 56.5 Å². The van der Waals surface area contributed by atoms with Crippen LogP contribution in [-0.4, -0.2) is 77.0 Å². The van der Waals surface area contributed by atoms with Crippen LogP contribution in [0.2, 0.25) is 0 Å². The lowest BCUT2D eigenvalue weighted by atomic mass is 9.96. The number of imidazole rings is 1. The van der Waals surface area contributed by atoms with Crippen molar-refractivity contribution in [3.05, 3.63) is 78.6 Å². The molecule has 0 aliphatic carbocycles. The Morgan fingerprint density at radius 3 is 2.16 bits per heavy atom. The fourth-order valence-corrected chi connectivity index (χ4v) is 3.64. The Hall–Kier alpha value is -4.29. The molecular formula is C26H32N4O8. The van der Waals surface area contributed by atoms with E-state index >= 15 is 0 Å². The fourth-order valence-electron chi connectivity index (χ4n) is 3.64. The SMILES string of the molecule is COc1ccccc1CN(CCCn1ccnc1)Cc1ccncc1.O=C(O)CC(O)(CC(=O)O)C(=O)O. The maximum Gasteiger partial charge on any atom is 0.336 e. The summed E-state index contributed by atoms with van der Waals surface area (Å²) in [6, 6.07) is 12.4. The molecule has 4 N–H and O–H groups in total. The zero-order valence-electron chi connectivity index (χ0n) is 21.0. The van der Waals surface area contributed by atoms with Crippen molar-refractivity contribution in [3.63, 3.8) is 0 Å². The molecule has 0 fully saturated rings. The Balaban J connectivity index is 0.000000332. The van der Waals surface area contributed by atoms with Crippen LogP contribution in [-0.2, 0) is 34.0 Å². The highest BCUT2D eigenvalue weighted by molar-refractivity contribution is 5.88. The minimum absolute atomic E-state index is 0.857. The zero-order valence-corrected chi connectivity index (χ0v) is 21.0. The first-order valence-corrected chi connectivity index (χ1v) is 11.7. The van der Waals surface area contributed by atoms with E-state index in [0.717, 1.165) is 38.3 Å². The third-order valence-corrected chi connectivity index (χ3v) is 5.48. The van der Waals surface area contributed by atoms with Crippen molar-refractivity contribution in [2.24, 2.45) is 0 Å². The maximum atomic E-state index is 10.3. The van der Waals surface area contributed by atoms with Gasteiger partial charge in [-0.3, -0.25) is 19.5 Å². The molecular weight excluding hydrogens is 496 g/mol. The first kappa shape index (κ1) is 29.9. The van der Waals surface area contributed by atoms with Crippen LogP contribution in [0.4, 0.5) is 0 Å². The lowest BCUT2D eigenvalue weighted by Crippen LogP contribution is -2.42. The quantitative estimate of drug-likeness (QED) is 0.241. The number of carboxylic acid groups (broad SMARTS) is 3. The monoisotopic (exact) mass is 528 g/mol. The van der Waals surface area contributed by atoms with Crippen LogP contribution in [0.15, 0.2) is 67.5 Å². The normalized spacial score (nSPS) is 10.9. The number of benzene rings is 1. The van der Waals surface area contributed by atoms with Crippen LogP contribution in [0, 0.1) is 0 Å². The summed E-state index contributed by atoms with van der Waals surface area (Å²) in [5.74, 6) is -4.08. The minimum atomic E-state index is -2.74. The van der Waals surface area contributed by atoms with E-state index in [1.54, 1.807) is 7.11 Å². The molecule has 1 aromatic carbocycles. The van der Waals surface area contributed by atoms with Crippen LogP contribution >= 0.6 is 0 Å². The number of carbonyl (C=O) groups is 3. The number of aliphatic hydroxyl groups is 1. The highest BCUT2D eigenvalue weighted by Gasteiger charge is 2.40. The number of ether oxygens (including phenoxy) is 1. The molecule has 2 aromatic heterocycles. The van der Waals surface area contributed by atoms with Crippen LogP contribution in [0.5, 0.6) is 5.75 Å². The number of aryl methyl sites for hydroxylation is 1. The topological polar surface area (TPSA) is 175 Å². The lowest BCUT2D eigenvalue weighted by Gasteiger charge is -2.23. The molecule has 2 heterocycles. The van der Waals surface area contributed by atoms with Crippen molar-refractivity contribution < 1.29 is 39.5 Å². The highest BCUT2D eigenvalue weighted by atomic mass is 16.5. The summed E-state index contributed by atoms with van der Waals surface area (Å²) in [5.41, 5.74) is -0.258. The van der Waals surface area contributed by atoms with Gasteiger partial charge in [-0.15, -0.1) is 0 Å². The molecule has 3 rings (SSSR count). The van der Waals surface area contributed by atoms with Gasteiger partial charge in [0.05, 0.1) is 26.3 Å². The molecule has 12 heteroatoms. The summed E-state index contributed by atoms with van der Waals surface area (Å²) < 4.78 is 7.63.